The van der Waals surface area contributed by atoms with Gasteiger partial charge in [0.1, 0.15) is 0 Å². The van der Waals surface area contributed by atoms with Crippen LogP contribution < -0.4 is 5.32 Å². The van der Waals surface area contributed by atoms with Crippen molar-refractivity contribution in [1.29, 1.82) is 0 Å². The molecule has 2 aromatic rings. The van der Waals surface area contributed by atoms with Crippen LogP contribution >= 0.6 is 11.6 Å². The summed E-state index contributed by atoms with van der Waals surface area (Å²) in [5.74, 6) is -0.0925. The van der Waals surface area contributed by atoms with Gasteiger partial charge in [0.2, 0.25) is 5.91 Å². The van der Waals surface area contributed by atoms with E-state index in [0.717, 1.165) is 24.9 Å². The Kier molecular flexibility index (Phi) is 6.16. The van der Waals surface area contributed by atoms with Gasteiger partial charge in [-0.25, -0.2) is 0 Å². The molecule has 1 aliphatic heterocycles. The van der Waals surface area contributed by atoms with Crippen molar-refractivity contribution in [2.45, 2.75) is 45.7 Å². The minimum absolute atomic E-state index is 0.0701. The topological polar surface area (TPSA) is 67.2 Å². The van der Waals surface area contributed by atoms with Gasteiger partial charge in [-0.1, -0.05) is 30.7 Å². The van der Waals surface area contributed by atoms with Crippen LogP contribution in [-0.2, 0) is 17.8 Å². The summed E-state index contributed by atoms with van der Waals surface area (Å²) in [6, 6.07) is 7.49. The van der Waals surface area contributed by atoms with E-state index in [9.17, 15) is 9.59 Å². The van der Waals surface area contributed by atoms with E-state index in [4.69, 9.17) is 11.6 Å². The Morgan fingerprint density at radius 3 is 2.93 bits per heavy atom. The first-order valence-corrected chi connectivity index (χ1v) is 9.71. The number of amides is 2. The van der Waals surface area contributed by atoms with Crippen LogP contribution in [0.4, 0.5) is 0 Å². The summed E-state index contributed by atoms with van der Waals surface area (Å²) in [7, 11) is 0. The van der Waals surface area contributed by atoms with E-state index in [0.29, 0.717) is 35.8 Å². The predicted octanol–water partition coefficient (Wildman–Crippen LogP) is 2.83. The molecule has 1 aromatic carbocycles. The third kappa shape index (κ3) is 4.89. The molecule has 0 bridgehead atoms. The van der Waals surface area contributed by atoms with Gasteiger partial charge in [-0.05, 0) is 37.5 Å². The number of hydrogen-bond acceptors (Lipinski definition) is 3. The molecular formula is C20H25ClN4O2. The van der Waals surface area contributed by atoms with Crippen LogP contribution in [0.15, 0.2) is 30.5 Å². The number of benzene rings is 1. The van der Waals surface area contributed by atoms with E-state index < -0.39 is 0 Å². The third-order valence-electron chi connectivity index (χ3n) is 4.75. The van der Waals surface area contributed by atoms with Gasteiger partial charge in [0.15, 0.2) is 0 Å². The minimum atomic E-state index is -0.168. The van der Waals surface area contributed by atoms with Crippen molar-refractivity contribution in [3.63, 3.8) is 0 Å². The number of nitrogens with one attached hydrogen (secondary N) is 1. The Bertz CT molecular complexity index is 833. The van der Waals surface area contributed by atoms with Gasteiger partial charge < -0.3 is 10.2 Å². The highest BCUT2D eigenvalue weighted by molar-refractivity contribution is 6.30. The van der Waals surface area contributed by atoms with Crippen LogP contribution in [0.25, 0.3) is 0 Å². The van der Waals surface area contributed by atoms with Crippen LogP contribution in [0.1, 0.15) is 41.4 Å². The largest absolute Gasteiger partial charge is 0.347 e. The standard InChI is InChI=1S/C20H25ClN4O2/c1-3-8-25-13-18(14(2)23-25)20(27)22-17-11-19(26)24(12-17)9-7-15-5-4-6-16(21)10-15/h4-6,10,13,17H,3,7-9,11-12H2,1-2H3,(H,22,27). The van der Waals surface area contributed by atoms with E-state index in [1.807, 2.05) is 31.2 Å². The van der Waals surface area contributed by atoms with Gasteiger partial charge in [-0.3, -0.25) is 14.3 Å². The molecule has 27 heavy (non-hydrogen) atoms. The molecule has 6 nitrogen and oxygen atoms in total. The average molecular weight is 389 g/mol. The molecular weight excluding hydrogens is 364 g/mol. The first-order chi connectivity index (χ1) is 13.0. The number of hydrogen-bond donors (Lipinski definition) is 1. The van der Waals surface area contributed by atoms with Crippen molar-refractivity contribution < 1.29 is 9.59 Å². The molecule has 7 heteroatoms. The molecule has 2 amide bonds. The summed E-state index contributed by atoms with van der Waals surface area (Å²) in [6.45, 7) is 5.84. The SMILES string of the molecule is CCCn1cc(C(=O)NC2CC(=O)N(CCc3cccc(Cl)c3)C2)c(C)n1. The second-order valence-corrected chi connectivity index (χ2v) is 7.42. The monoisotopic (exact) mass is 388 g/mol. The molecule has 1 atom stereocenters. The number of rotatable bonds is 7. The van der Waals surface area contributed by atoms with Crippen molar-refractivity contribution in [2.75, 3.05) is 13.1 Å². The quantitative estimate of drug-likeness (QED) is 0.793. The van der Waals surface area contributed by atoms with Gasteiger partial charge in [-0.2, -0.15) is 5.10 Å². The van der Waals surface area contributed by atoms with Crippen LogP contribution in [0.3, 0.4) is 0 Å². The molecule has 1 aromatic heterocycles. The molecule has 0 aliphatic carbocycles. The van der Waals surface area contributed by atoms with Gasteiger partial charge in [0.05, 0.1) is 17.3 Å². The molecule has 0 spiro atoms. The fourth-order valence-corrected chi connectivity index (χ4v) is 3.60. The highest BCUT2D eigenvalue weighted by Gasteiger charge is 2.31. The summed E-state index contributed by atoms with van der Waals surface area (Å²) in [6.07, 6.45) is 3.82. The molecule has 1 fully saturated rings. The van der Waals surface area contributed by atoms with E-state index in [2.05, 4.69) is 17.3 Å². The number of likely N-dealkylation sites (tertiary alicyclic amines) is 1. The Balaban J connectivity index is 1.55. The highest BCUT2D eigenvalue weighted by atomic mass is 35.5. The number of aryl methyl sites for hydroxylation is 2. The fourth-order valence-electron chi connectivity index (χ4n) is 3.39. The van der Waals surface area contributed by atoms with Gasteiger partial charge in [0.25, 0.3) is 5.91 Å². The summed E-state index contributed by atoms with van der Waals surface area (Å²) in [4.78, 5) is 26.6. The van der Waals surface area contributed by atoms with Crippen LogP contribution in [0, 0.1) is 6.92 Å². The van der Waals surface area contributed by atoms with E-state index in [1.54, 1.807) is 15.8 Å². The predicted molar refractivity (Wildman–Crippen MR) is 105 cm³/mol. The first kappa shape index (κ1) is 19.4. The number of nitrogens with zero attached hydrogens (tertiary/aromatic N) is 3. The lowest BCUT2D eigenvalue weighted by molar-refractivity contribution is -0.127. The zero-order valence-corrected chi connectivity index (χ0v) is 16.5. The number of carbonyl (C=O) groups is 2. The number of carbonyl (C=O) groups excluding carboxylic acids is 2. The average Bonchev–Trinajstić information content (AvgIpc) is 3.15. The van der Waals surface area contributed by atoms with Crippen LogP contribution in [0.5, 0.6) is 0 Å². The second-order valence-electron chi connectivity index (χ2n) is 6.99. The fraction of sp³-hybridized carbons (Fsp3) is 0.450. The second kappa shape index (κ2) is 8.57. The summed E-state index contributed by atoms with van der Waals surface area (Å²) in [5.41, 5.74) is 2.39. The molecule has 1 unspecified atom stereocenters. The molecule has 144 valence electrons. The van der Waals surface area contributed by atoms with Crippen molar-refractivity contribution >= 4 is 23.4 Å². The van der Waals surface area contributed by atoms with Gasteiger partial charge >= 0.3 is 0 Å². The Morgan fingerprint density at radius 2 is 2.19 bits per heavy atom. The normalized spacial score (nSPS) is 16.8. The molecule has 3 rings (SSSR count). The molecule has 0 saturated carbocycles. The number of aromatic nitrogens is 2. The minimum Gasteiger partial charge on any atom is -0.347 e. The zero-order chi connectivity index (χ0) is 19.4. The van der Waals surface area contributed by atoms with Crippen molar-refractivity contribution in [2.24, 2.45) is 0 Å². The lowest BCUT2D eigenvalue weighted by Crippen LogP contribution is -2.37. The molecule has 0 radical (unpaired) electrons. The number of halogens is 1. The van der Waals surface area contributed by atoms with Crippen LogP contribution in [0.2, 0.25) is 5.02 Å². The third-order valence-corrected chi connectivity index (χ3v) is 4.99. The smallest absolute Gasteiger partial charge is 0.255 e. The Hall–Kier alpha value is -2.34. The van der Waals surface area contributed by atoms with Crippen molar-refractivity contribution in [3.8, 4) is 0 Å². The van der Waals surface area contributed by atoms with E-state index >= 15 is 0 Å². The highest BCUT2D eigenvalue weighted by Crippen LogP contribution is 2.16. The maximum absolute atomic E-state index is 12.6. The van der Waals surface area contributed by atoms with Gasteiger partial charge in [0, 0.05) is 37.3 Å². The maximum Gasteiger partial charge on any atom is 0.255 e. The zero-order valence-electron chi connectivity index (χ0n) is 15.7. The van der Waals surface area contributed by atoms with E-state index in [-0.39, 0.29) is 17.9 Å². The lowest BCUT2D eigenvalue weighted by atomic mass is 10.1. The molecule has 1 N–H and O–H groups in total. The molecule has 1 aliphatic rings. The summed E-state index contributed by atoms with van der Waals surface area (Å²) >= 11 is 6.01. The Morgan fingerprint density at radius 1 is 1.37 bits per heavy atom. The summed E-state index contributed by atoms with van der Waals surface area (Å²) in [5, 5.41) is 8.05. The van der Waals surface area contributed by atoms with Crippen molar-refractivity contribution in [1.82, 2.24) is 20.0 Å². The summed E-state index contributed by atoms with van der Waals surface area (Å²) < 4.78 is 1.79. The Labute approximate surface area is 164 Å². The molecule has 2 heterocycles. The van der Waals surface area contributed by atoms with Crippen LogP contribution in [-0.4, -0.2) is 45.6 Å². The van der Waals surface area contributed by atoms with Gasteiger partial charge in [-0.15, -0.1) is 0 Å². The lowest BCUT2D eigenvalue weighted by Gasteiger charge is -2.17. The first-order valence-electron chi connectivity index (χ1n) is 9.33. The maximum atomic E-state index is 12.6. The van der Waals surface area contributed by atoms with Crippen molar-refractivity contribution in [3.05, 3.63) is 52.3 Å². The molecule has 1 saturated heterocycles. The van der Waals surface area contributed by atoms with E-state index in [1.165, 1.54) is 0 Å².